The normalized spacial score (nSPS) is 10.1. The second-order valence-electron chi connectivity index (χ2n) is 10.6. The topological polar surface area (TPSA) is 14.1 Å². The molecule has 2 aromatic rings. The van der Waals surface area contributed by atoms with Gasteiger partial charge in [0.25, 0.3) is 0 Å². The molecule has 0 aliphatic carbocycles. The van der Waals surface area contributed by atoms with Gasteiger partial charge in [-0.3, -0.25) is 0 Å². The van der Waals surface area contributed by atoms with Crippen LogP contribution in [0.2, 0.25) is 0 Å². The van der Waals surface area contributed by atoms with E-state index in [1.807, 2.05) is 35.5 Å². The third-order valence-electron chi connectivity index (χ3n) is 7.26. The Labute approximate surface area is 251 Å². The number of hydrogen-bond acceptors (Lipinski definition) is 0. The molecule has 37 heavy (non-hydrogen) atoms. The number of rotatable bonds is 17. The van der Waals surface area contributed by atoms with Crippen molar-refractivity contribution in [3.63, 3.8) is 0 Å². The zero-order chi connectivity index (χ0) is 26.9. The SMILES string of the molecule is CCCCCCCCCCCCCCCCCC[N-]C.Cc1c[c-](C)c(C)c1C.[SiH2]c1ccccc1.[Ti+2]. The van der Waals surface area contributed by atoms with Crippen molar-refractivity contribution < 1.29 is 21.7 Å². The van der Waals surface area contributed by atoms with Gasteiger partial charge in [0.15, 0.2) is 0 Å². The van der Waals surface area contributed by atoms with Gasteiger partial charge in [-0.2, -0.15) is 35.4 Å². The van der Waals surface area contributed by atoms with Crippen LogP contribution in [0.15, 0.2) is 36.4 Å². The Morgan fingerprint density at radius 1 is 0.676 bits per heavy atom. The van der Waals surface area contributed by atoms with Crippen molar-refractivity contribution in [2.75, 3.05) is 13.6 Å². The van der Waals surface area contributed by atoms with Crippen molar-refractivity contribution in [1.82, 2.24) is 0 Å². The standard InChI is InChI=1S/C19H40N.C9H13.C6H7Si.Ti/c1-3-4-5-6-7-8-9-10-11-12-13-14-15-16-17-18-19-20-2;1-6-5-7(2)9(4)8(6)3;7-6-4-2-1-3-5-6;/h3-19H2,1-2H3;5H,1-4H3;1-5H,7H2;/q2*-1;;+2. The molecule has 0 amide bonds. The summed E-state index contributed by atoms with van der Waals surface area (Å²) in [7, 11) is 3.82. The van der Waals surface area contributed by atoms with Crippen molar-refractivity contribution in [2.24, 2.45) is 0 Å². The zero-order valence-corrected chi connectivity index (χ0v) is 28.6. The van der Waals surface area contributed by atoms with E-state index in [0.29, 0.717) is 0 Å². The Hall–Kier alpha value is -0.539. The summed E-state index contributed by atoms with van der Waals surface area (Å²) >= 11 is 0. The summed E-state index contributed by atoms with van der Waals surface area (Å²) in [6.45, 7) is 12.0. The van der Waals surface area contributed by atoms with Gasteiger partial charge in [0.05, 0.1) is 0 Å². The van der Waals surface area contributed by atoms with Crippen LogP contribution in [0, 0.1) is 27.7 Å². The Morgan fingerprint density at radius 2 is 1.08 bits per heavy atom. The van der Waals surface area contributed by atoms with Gasteiger partial charge in [-0.25, -0.2) is 0 Å². The predicted molar refractivity (Wildman–Crippen MR) is 169 cm³/mol. The molecule has 0 saturated heterocycles. The first-order chi connectivity index (χ1) is 17.4. The molecule has 0 bridgehead atoms. The van der Waals surface area contributed by atoms with Crippen molar-refractivity contribution in [2.45, 2.75) is 137 Å². The van der Waals surface area contributed by atoms with Crippen LogP contribution in [-0.2, 0) is 21.7 Å². The van der Waals surface area contributed by atoms with Crippen molar-refractivity contribution >= 4 is 15.4 Å². The average Bonchev–Trinajstić information content (AvgIpc) is 3.10. The first-order valence-corrected chi connectivity index (χ1v) is 15.8. The van der Waals surface area contributed by atoms with E-state index >= 15 is 0 Å². The van der Waals surface area contributed by atoms with E-state index in [4.69, 9.17) is 0 Å². The van der Waals surface area contributed by atoms with Crippen molar-refractivity contribution in [3.8, 4) is 0 Å². The fourth-order valence-corrected chi connectivity index (χ4v) is 4.70. The van der Waals surface area contributed by atoms with E-state index in [0.717, 1.165) is 6.54 Å². The Bertz CT molecular complexity index is 670. The van der Waals surface area contributed by atoms with E-state index in [1.54, 1.807) is 0 Å². The molecule has 0 spiro atoms. The van der Waals surface area contributed by atoms with Crippen LogP contribution in [0.25, 0.3) is 5.32 Å². The Balaban J connectivity index is 0. The van der Waals surface area contributed by atoms with Gasteiger partial charge < -0.3 is 5.32 Å². The molecule has 1 radical (unpaired) electrons. The smallest absolute Gasteiger partial charge is 0.665 e. The quantitative estimate of drug-likeness (QED) is 0.104. The first kappa shape index (κ1) is 38.6. The van der Waals surface area contributed by atoms with Crippen molar-refractivity contribution in [3.05, 3.63) is 64.0 Å². The summed E-state index contributed by atoms with van der Waals surface area (Å²) in [5, 5.41) is 5.49. The fraction of sp³-hybridized carbons (Fsp3) is 0.676. The third-order valence-corrected chi connectivity index (χ3v) is 7.73. The molecule has 0 fully saturated rings. The van der Waals surface area contributed by atoms with Crippen LogP contribution in [0.1, 0.15) is 132 Å². The second kappa shape index (κ2) is 28.5. The van der Waals surface area contributed by atoms with E-state index in [2.05, 4.69) is 58.1 Å². The summed E-state index contributed by atoms with van der Waals surface area (Å²) in [4.78, 5) is 0. The molecule has 0 saturated carbocycles. The van der Waals surface area contributed by atoms with Crippen molar-refractivity contribution in [1.29, 1.82) is 0 Å². The van der Waals surface area contributed by atoms with E-state index in [9.17, 15) is 0 Å². The molecule has 0 atom stereocenters. The summed E-state index contributed by atoms with van der Waals surface area (Å²) in [5.74, 6) is 0. The van der Waals surface area contributed by atoms with Gasteiger partial charge in [0.2, 0.25) is 0 Å². The molecule has 0 aliphatic heterocycles. The maximum atomic E-state index is 4.14. The molecule has 0 N–H and O–H groups in total. The minimum Gasteiger partial charge on any atom is -0.665 e. The minimum atomic E-state index is 0. The summed E-state index contributed by atoms with van der Waals surface area (Å²) < 4.78 is 0. The number of benzene rings is 1. The van der Waals surface area contributed by atoms with E-state index in [1.165, 1.54) is 130 Å². The number of nitrogens with zero attached hydrogens (tertiary/aromatic N) is 1. The van der Waals surface area contributed by atoms with Gasteiger partial charge >= 0.3 is 21.7 Å². The third kappa shape index (κ3) is 24.3. The molecule has 1 nitrogen and oxygen atoms in total. The van der Waals surface area contributed by atoms with Gasteiger partial charge in [-0.1, -0.05) is 173 Å². The Kier molecular flexibility index (Phi) is 29.7. The number of unbranched alkanes of at least 4 members (excludes halogenated alkanes) is 15. The van der Waals surface area contributed by atoms with E-state index < -0.39 is 0 Å². The van der Waals surface area contributed by atoms with Gasteiger partial charge in [-0.05, 0) is 0 Å². The molecule has 0 aromatic heterocycles. The maximum absolute atomic E-state index is 4.14. The molecular formula is C34H60NSiTi. The maximum Gasteiger partial charge on any atom is 2.00 e. The van der Waals surface area contributed by atoms with Gasteiger partial charge in [0, 0.05) is 10.2 Å². The van der Waals surface area contributed by atoms with E-state index in [-0.39, 0.29) is 21.7 Å². The molecule has 3 heteroatoms. The summed E-state index contributed by atoms with van der Waals surface area (Å²) in [6.07, 6.45) is 23.1. The van der Waals surface area contributed by atoms with Crippen LogP contribution in [-0.4, -0.2) is 23.8 Å². The summed E-state index contributed by atoms with van der Waals surface area (Å²) in [5.41, 5.74) is 5.75. The molecule has 0 unspecified atom stereocenters. The van der Waals surface area contributed by atoms with Crippen LogP contribution in [0.3, 0.4) is 0 Å². The fourth-order valence-electron chi connectivity index (χ4n) is 4.43. The van der Waals surface area contributed by atoms with Crippen LogP contribution in [0.5, 0.6) is 0 Å². The largest absolute Gasteiger partial charge is 2.00 e. The predicted octanol–water partition coefficient (Wildman–Crippen LogP) is 9.83. The Morgan fingerprint density at radius 3 is 1.32 bits per heavy atom. The van der Waals surface area contributed by atoms with Crippen LogP contribution >= 0.6 is 0 Å². The molecule has 2 rings (SSSR count). The van der Waals surface area contributed by atoms with Gasteiger partial charge in [0.1, 0.15) is 0 Å². The molecular weight excluding hydrogens is 498 g/mol. The summed E-state index contributed by atoms with van der Waals surface area (Å²) in [6, 6.07) is 12.5. The molecule has 0 aliphatic rings. The van der Waals surface area contributed by atoms with Crippen LogP contribution < -0.4 is 5.19 Å². The monoisotopic (exact) mass is 558 g/mol. The number of hydrogen-bond donors (Lipinski definition) is 0. The molecule has 0 heterocycles. The second-order valence-corrected chi connectivity index (χ2v) is 11.4. The molecule has 2 aromatic carbocycles. The first-order valence-electron chi connectivity index (χ1n) is 15.1. The number of aryl methyl sites for hydroxylation is 2. The van der Waals surface area contributed by atoms with Crippen LogP contribution in [0.4, 0.5) is 0 Å². The average molecular weight is 559 g/mol. The minimum absolute atomic E-state index is 0. The van der Waals surface area contributed by atoms with Gasteiger partial charge in [-0.15, -0.1) is 6.54 Å². The zero-order valence-electron chi connectivity index (χ0n) is 25.6. The molecule has 209 valence electrons.